The lowest BCUT2D eigenvalue weighted by molar-refractivity contribution is -0.391. The highest BCUT2D eigenvalue weighted by molar-refractivity contribution is 5.16. The molecule has 17 nitrogen and oxygen atoms in total. The number of ether oxygens (including phenoxy) is 8. The summed E-state index contributed by atoms with van der Waals surface area (Å²) in [5, 5.41) is 98.0. The van der Waals surface area contributed by atoms with Gasteiger partial charge in [0.15, 0.2) is 24.7 Å². The molecule has 5 aliphatic heterocycles. The van der Waals surface area contributed by atoms with Gasteiger partial charge in [-0.25, -0.2) is 0 Å². The Bertz CT molecular complexity index is 1570. The summed E-state index contributed by atoms with van der Waals surface area (Å²) in [4.78, 5) is 0. The second kappa shape index (κ2) is 17.1. The lowest BCUT2D eigenvalue weighted by Crippen LogP contribution is -2.67. The molecule has 28 atom stereocenters. The lowest BCUT2D eigenvalue weighted by atomic mass is 9.44. The Balaban J connectivity index is 0.915. The van der Waals surface area contributed by atoms with Crippen LogP contribution < -0.4 is 0 Å². The molecule has 4 saturated carbocycles. The number of aliphatic hydroxyl groups is 9. The predicted octanol–water partition coefficient (Wildman–Crippen LogP) is 0.292. The largest absolute Gasteiger partial charge is 0.394 e. The van der Waals surface area contributed by atoms with Gasteiger partial charge in [0.1, 0.15) is 61.0 Å². The first-order chi connectivity index (χ1) is 29.3. The quantitative estimate of drug-likeness (QED) is 0.156. The number of rotatable bonds is 7. The average Bonchev–Trinajstić information content (AvgIpc) is 3.69. The summed E-state index contributed by atoms with van der Waals surface area (Å²) in [5.74, 6) is 2.55. The zero-order chi connectivity index (χ0) is 44.4. The minimum Gasteiger partial charge on any atom is -0.394 e. The van der Waals surface area contributed by atoms with E-state index < -0.39 is 117 Å². The van der Waals surface area contributed by atoms with Crippen LogP contribution in [0.4, 0.5) is 0 Å². The zero-order valence-electron chi connectivity index (χ0n) is 37.0. The number of hydrogen-bond acceptors (Lipinski definition) is 17. The van der Waals surface area contributed by atoms with Crippen LogP contribution in [0.15, 0.2) is 0 Å². The van der Waals surface area contributed by atoms with Gasteiger partial charge in [0.2, 0.25) is 0 Å². The number of aliphatic hydroxyl groups excluding tert-OH is 9. The van der Waals surface area contributed by atoms with Gasteiger partial charge in [0, 0.05) is 12.3 Å². The Labute approximate surface area is 364 Å². The van der Waals surface area contributed by atoms with Gasteiger partial charge in [-0.2, -0.15) is 0 Å². The van der Waals surface area contributed by atoms with Crippen molar-refractivity contribution < 1.29 is 83.9 Å². The molecule has 9 fully saturated rings. The highest BCUT2D eigenvalue weighted by Crippen LogP contribution is 2.71. The van der Waals surface area contributed by atoms with E-state index in [9.17, 15) is 46.0 Å². The molecule has 5 saturated heterocycles. The summed E-state index contributed by atoms with van der Waals surface area (Å²) in [7, 11) is 0. The molecule has 4 aliphatic carbocycles. The summed E-state index contributed by atoms with van der Waals surface area (Å²) in [6.07, 6.45) is -15.4. The Kier molecular flexibility index (Phi) is 12.8. The normalized spacial score (nSPS) is 60.1. The van der Waals surface area contributed by atoms with Crippen LogP contribution >= 0.6 is 0 Å². The minimum atomic E-state index is -1.75. The summed E-state index contributed by atoms with van der Waals surface area (Å²) in [6, 6.07) is 0. The molecule has 0 aromatic heterocycles. The summed E-state index contributed by atoms with van der Waals surface area (Å²) in [6.45, 7) is 12.5. The lowest BCUT2D eigenvalue weighted by Gasteiger charge is -2.62. The maximum Gasteiger partial charge on any atom is 0.187 e. The number of fused-ring (bicyclic) bond motifs is 7. The van der Waals surface area contributed by atoms with Crippen molar-refractivity contribution in [2.45, 2.75) is 216 Å². The Morgan fingerprint density at radius 1 is 0.613 bits per heavy atom. The maximum atomic E-state index is 12.1. The van der Waals surface area contributed by atoms with E-state index in [1.165, 1.54) is 13.8 Å². The van der Waals surface area contributed by atoms with E-state index in [2.05, 4.69) is 27.7 Å². The smallest absolute Gasteiger partial charge is 0.187 e. The molecule has 1 spiro atoms. The molecule has 9 rings (SSSR count). The predicted molar refractivity (Wildman–Crippen MR) is 214 cm³/mol. The molecule has 0 amide bonds. The van der Waals surface area contributed by atoms with Gasteiger partial charge in [-0.05, 0) is 112 Å². The Hall–Kier alpha value is -0.680. The Morgan fingerprint density at radius 2 is 1.26 bits per heavy atom. The van der Waals surface area contributed by atoms with Crippen LogP contribution in [0.2, 0.25) is 0 Å². The van der Waals surface area contributed by atoms with E-state index in [0.717, 1.165) is 51.6 Å². The fourth-order valence-electron chi connectivity index (χ4n) is 14.6. The second-order valence-corrected chi connectivity index (χ2v) is 21.6. The molecular formula is C45H74O17. The van der Waals surface area contributed by atoms with Crippen LogP contribution in [0, 0.1) is 52.3 Å². The molecule has 5 heterocycles. The van der Waals surface area contributed by atoms with Crippen LogP contribution in [0.3, 0.4) is 0 Å². The topological polar surface area (TPSA) is 256 Å². The monoisotopic (exact) mass is 886 g/mol. The van der Waals surface area contributed by atoms with E-state index in [-0.39, 0.29) is 22.9 Å². The standard InChI is InChI=1S/C45H74O17/c1-18-9-12-45(55-17-18)19(2)30-28(62-45)14-25-23-8-7-22-13-27(26(47)15-44(22,6)24(23)10-11-43(25,30)5)58-42-39(61-41-36(53)34(51)32(49)21(4)57-41)37(54)38(29(16-46)59-42)60-40-35(52)33(50)31(48)20(3)56-40/h18-42,46-54H,7-17H2,1-6H3/t18-,19-,20-,21-,22?,23+,24-,25-,26+,27+,28-,29+,30-,31-,32-,33+,34+,35+,36+,37-,38+,39+,40-,41-,42+,43-,44-,45+/m0/s1. The van der Waals surface area contributed by atoms with E-state index >= 15 is 0 Å². The molecule has 0 bridgehead atoms. The first kappa shape index (κ1) is 46.4. The molecule has 17 heteroatoms. The van der Waals surface area contributed by atoms with Crippen molar-refractivity contribution in [3.63, 3.8) is 0 Å². The van der Waals surface area contributed by atoms with Crippen LogP contribution in [-0.2, 0) is 37.9 Å². The van der Waals surface area contributed by atoms with Gasteiger partial charge in [-0.3, -0.25) is 0 Å². The average molecular weight is 887 g/mol. The van der Waals surface area contributed by atoms with Crippen molar-refractivity contribution in [2.75, 3.05) is 13.2 Å². The molecule has 9 N–H and O–H groups in total. The van der Waals surface area contributed by atoms with Crippen molar-refractivity contribution in [3.05, 3.63) is 0 Å². The van der Waals surface area contributed by atoms with Gasteiger partial charge >= 0.3 is 0 Å². The van der Waals surface area contributed by atoms with E-state index in [1.54, 1.807) is 0 Å². The van der Waals surface area contributed by atoms with Gasteiger partial charge in [-0.15, -0.1) is 0 Å². The molecule has 0 aromatic rings. The third kappa shape index (κ3) is 7.47. The van der Waals surface area contributed by atoms with Gasteiger partial charge < -0.3 is 83.9 Å². The van der Waals surface area contributed by atoms with Crippen molar-refractivity contribution in [3.8, 4) is 0 Å². The van der Waals surface area contributed by atoms with Crippen molar-refractivity contribution in [1.82, 2.24) is 0 Å². The maximum absolute atomic E-state index is 12.1. The van der Waals surface area contributed by atoms with E-state index in [1.807, 2.05) is 0 Å². The fourth-order valence-corrected chi connectivity index (χ4v) is 14.6. The van der Waals surface area contributed by atoms with Crippen LogP contribution in [0.1, 0.15) is 99.3 Å². The first-order valence-corrected chi connectivity index (χ1v) is 23.6. The van der Waals surface area contributed by atoms with Gasteiger partial charge in [0.05, 0.1) is 43.7 Å². The van der Waals surface area contributed by atoms with Gasteiger partial charge in [-0.1, -0.05) is 27.7 Å². The molecule has 1 unspecified atom stereocenters. The zero-order valence-corrected chi connectivity index (χ0v) is 37.0. The Morgan fingerprint density at radius 3 is 1.87 bits per heavy atom. The third-order valence-electron chi connectivity index (χ3n) is 18.2. The molecule has 9 aliphatic rings. The van der Waals surface area contributed by atoms with Crippen molar-refractivity contribution >= 4 is 0 Å². The summed E-state index contributed by atoms with van der Waals surface area (Å²) < 4.78 is 49.9. The van der Waals surface area contributed by atoms with Crippen molar-refractivity contribution in [2.24, 2.45) is 52.3 Å². The van der Waals surface area contributed by atoms with Crippen LogP contribution in [0.5, 0.6) is 0 Å². The van der Waals surface area contributed by atoms with Crippen LogP contribution in [0.25, 0.3) is 0 Å². The van der Waals surface area contributed by atoms with E-state index in [0.29, 0.717) is 48.3 Å². The van der Waals surface area contributed by atoms with Gasteiger partial charge in [0.25, 0.3) is 0 Å². The molecule has 0 aromatic carbocycles. The van der Waals surface area contributed by atoms with E-state index in [4.69, 9.17) is 37.9 Å². The van der Waals surface area contributed by atoms with Crippen molar-refractivity contribution in [1.29, 1.82) is 0 Å². The second-order valence-electron chi connectivity index (χ2n) is 21.6. The minimum absolute atomic E-state index is 0.157. The molecule has 0 radical (unpaired) electrons. The molecular weight excluding hydrogens is 812 g/mol. The SMILES string of the molecule is C[C@H]1CC[C@@]2(OC1)O[C@H]1C[C@H]3[C@@H]4CCC5C[C@@H](O[C@@H]6O[C@H](CO)[C@@H](O[C@@H]7O[C@@H](C)[C@H](O)[C@@H](O)[C@H]7O)[C@H](O)[C@H]6O[C@@H]6O[C@@H](C)[C@H](O)[C@@H](O)[C@H]6O)[C@H](O)C[C@]5(C)[C@H]4CC[C@]3(C)[C@H]1[C@@H]2C. The third-order valence-corrected chi connectivity index (χ3v) is 18.2. The highest BCUT2D eigenvalue weighted by Gasteiger charge is 2.69. The molecule has 356 valence electrons. The fraction of sp³-hybridized carbons (Fsp3) is 1.00. The number of hydrogen-bond donors (Lipinski definition) is 9. The summed E-state index contributed by atoms with van der Waals surface area (Å²) >= 11 is 0. The highest BCUT2D eigenvalue weighted by atomic mass is 16.8. The summed E-state index contributed by atoms with van der Waals surface area (Å²) in [5.41, 5.74) is 0.000556. The molecule has 62 heavy (non-hydrogen) atoms. The first-order valence-electron chi connectivity index (χ1n) is 23.6. The van der Waals surface area contributed by atoms with Crippen LogP contribution in [-0.4, -0.2) is 175 Å².